The first-order valence-electron chi connectivity index (χ1n) is 7.19. The number of hydrogen-bond acceptors (Lipinski definition) is 4. The third kappa shape index (κ3) is 6.99. The van der Waals surface area contributed by atoms with E-state index in [0.717, 1.165) is 5.56 Å². The molecule has 0 bridgehead atoms. The van der Waals surface area contributed by atoms with Crippen LogP contribution in [0.1, 0.15) is 32.3 Å². The van der Waals surface area contributed by atoms with Crippen molar-refractivity contribution in [1.29, 1.82) is 0 Å². The van der Waals surface area contributed by atoms with E-state index < -0.39 is 13.5 Å². The summed E-state index contributed by atoms with van der Waals surface area (Å²) in [4.78, 5) is 0. The zero-order valence-electron chi connectivity index (χ0n) is 13.2. The molecule has 0 aliphatic heterocycles. The number of benzene rings is 1. The van der Waals surface area contributed by atoms with Crippen LogP contribution in [0, 0.1) is 0 Å². The Bertz CT molecular complexity index is 480. The van der Waals surface area contributed by atoms with E-state index >= 15 is 0 Å². The molecule has 0 saturated heterocycles. The van der Waals surface area contributed by atoms with E-state index in [1.807, 2.05) is 19.1 Å². The van der Waals surface area contributed by atoms with Gasteiger partial charge in [0.2, 0.25) is 7.37 Å². The van der Waals surface area contributed by atoms with Gasteiger partial charge in [0.25, 0.3) is 0 Å². The van der Waals surface area contributed by atoms with Crippen molar-refractivity contribution in [2.75, 3.05) is 18.9 Å². The predicted molar refractivity (Wildman–Crippen MR) is 95.7 cm³/mol. The SMILES string of the molecule is CCOP(=O)(CC(C)O)CC(c1ccc(Cl)cc1)C(C)N.Cl. The Morgan fingerprint density at radius 1 is 1.27 bits per heavy atom. The molecule has 0 fully saturated rings. The Labute approximate surface area is 144 Å². The summed E-state index contributed by atoms with van der Waals surface area (Å²) in [5, 5.41) is 10.2. The van der Waals surface area contributed by atoms with Crippen LogP contribution in [0.3, 0.4) is 0 Å². The minimum absolute atomic E-state index is 0. The fourth-order valence-electron chi connectivity index (χ4n) is 2.40. The predicted octanol–water partition coefficient (Wildman–Crippen LogP) is 3.89. The van der Waals surface area contributed by atoms with Crippen LogP contribution in [0.5, 0.6) is 0 Å². The highest BCUT2D eigenvalue weighted by atomic mass is 35.5. The maximum absolute atomic E-state index is 12.9. The van der Waals surface area contributed by atoms with Gasteiger partial charge >= 0.3 is 0 Å². The van der Waals surface area contributed by atoms with Gasteiger partial charge in [0, 0.05) is 23.1 Å². The van der Waals surface area contributed by atoms with Crippen LogP contribution < -0.4 is 5.73 Å². The van der Waals surface area contributed by atoms with Crippen molar-refractivity contribution in [3.63, 3.8) is 0 Å². The standard InChI is InChI=1S/C15H25ClNO3P.ClH/c1-4-20-21(19,9-11(2)18)10-15(12(3)17)13-5-7-14(16)8-6-13;/h5-8,11-12,15,18H,4,9-10,17H2,1-3H3;1H. The second-order valence-corrected chi connectivity index (χ2v) is 8.52. The second-order valence-electron chi connectivity index (χ2n) is 5.46. The molecule has 128 valence electrons. The lowest BCUT2D eigenvalue weighted by Gasteiger charge is -2.27. The second kappa shape index (κ2) is 9.92. The van der Waals surface area contributed by atoms with E-state index in [-0.39, 0.29) is 30.5 Å². The van der Waals surface area contributed by atoms with Gasteiger partial charge in [0.15, 0.2) is 0 Å². The highest BCUT2D eigenvalue weighted by molar-refractivity contribution is 7.59. The van der Waals surface area contributed by atoms with Gasteiger partial charge in [0.05, 0.1) is 18.9 Å². The molecule has 1 aromatic carbocycles. The van der Waals surface area contributed by atoms with Crippen LogP contribution >= 0.6 is 31.4 Å². The van der Waals surface area contributed by atoms with Crippen LogP contribution in [-0.4, -0.2) is 36.2 Å². The molecular weight excluding hydrogens is 344 g/mol. The van der Waals surface area contributed by atoms with E-state index in [1.54, 1.807) is 26.0 Å². The Kier molecular flexibility index (Phi) is 9.88. The first-order valence-corrected chi connectivity index (χ1v) is 9.56. The third-order valence-electron chi connectivity index (χ3n) is 3.31. The van der Waals surface area contributed by atoms with Crippen molar-refractivity contribution in [1.82, 2.24) is 0 Å². The largest absolute Gasteiger partial charge is 0.393 e. The number of hydrogen-bond donors (Lipinski definition) is 2. The summed E-state index contributed by atoms with van der Waals surface area (Å²) in [6, 6.07) is 7.22. The van der Waals surface area contributed by atoms with Gasteiger partial charge in [-0.1, -0.05) is 23.7 Å². The van der Waals surface area contributed by atoms with Crippen LogP contribution in [0.2, 0.25) is 5.02 Å². The van der Waals surface area contributed by atoms with Crippen molar-refractivity contribution >= 4 is 31.4 Å². The molecule has 4 unspecified atom stereocenters. The Morgan fingerprint density at radius 3 is 2.23 bits per heavy atom. The fourth-order valence-corrected chi connectivity index (χ4v) is 5.31. The average Bonchev–Trinajstić information content (AvgIpc) is 2.36. The maximum Gasteiger partial charge on any atom is 0.206 e. The first kappa shape index (κ1) is 21.9. The number of nitrogens with two attached hydrogens (primary N) is 1. The Morgan fingerprint density at radius 2 is 1.82 bits per heavy atom. The van der Waals surface area contributed by atoms with Crippen molar-refractivity contribution in [2.24, 2.45) is 5.73 Å². The van der Waals surface area contributed by atoms with Gasteiger partial charge in [-0.05, 0) is 38.5 Å². The normalized spacial score (nSPS) is 17.9. The number of aliphatic hydroxyl groups is 1. The lowest BCUT2D eigenvalue weighted by Crippen LogP contribution is -2.29. The monoisotopic (exact) mass is 369 g/mol. The summed E-state index contributed by atoms with van der Waals surface area (Å²) in [5.41, 5.74) is 7.05. The van der Waals surface area contributed by atoms with Crippen molar-refractivity contribution in [2.45, 2.75) is 38.8 Å². The van der Waals surface area contributed by atoms with E-state index in [2.05, 4.69) is 0 Å². The van der Waals surface area contributed by atoms with Crippen LogP contribution in [0.15, 0.2) is 24.3 Å². The number of aliphatic hydroxyl groups excluding tert-OH is 1. The molecule has 7 heteroatoms. The van der Waals surface area contributed by atoms with Crippen LogP contribution in [-0.2, 0) is 9.09 Å². The molecular formula is C15H26Cl2NO3P. The fraction of sp³-hybridized carbons (Fsp3) is 0.600. The molecule has 0 saturated carbocycles. The average molecular weight is 370 g/mol. The van der Waals surface area contributed by atoms with E-state index in [4.69, 9.17) is 21.9 Å². The van der Waals surface area contributed by atoms with Gasteiger partial charge < -0.3 is 15.4 Å². The molecule has 0 aliphatic rings. The molecule has 0 aromatic heterocycles. The summed E-state index contributed by atoms with van der Waals surface area (Å²) in [6.45, 7) is 5.67. The zero-order chi connectivity index (χ0) is 16.0. The topological polar surface area (TPSA) is 72.5 Å². The van der Waals surface area contributed by atoms with Crippen LogP contribution in [0.25, 0.3) is 0 Å². The smallest absolute Gasteiger partial charge is 0.206 e. The van der Waals surface area contributed by atoms with Crippen molar-refractivity contribution < 1.29 is 14.2 Å². The summed E-state index contributed by atoms with van der Waals surface area (Å²) in [5.74, 6) is -0.0987. The molecule has 0 heterocycles. The molecule has 22 heavy (non-hydrogen) atoms. The van der Waals surface area contributed by atoms with Gasteiger partial charge in [-0.3, -0.25) is 4.57 Å². The van der Waals surface area contributed by atoms with E-state index in [9.17, 15) is 9.67 Å². The quantitative estimate of drug-likeness (QED) is 0.681. The molecule has 1 rings (SSSR count). The number of halogens is 2. The van der Waals surface area contributed by atoms with E-state index in [0.29, 0.717) is 17.8 Å². The lowest BCUT2D eigenvalue weighted by atomic mass is 9.95. The van der Waals surface area contributed by atoms with Crippen molar-refractivity contribution in [3.8, 4) is 0 Å². The first-order chi connectivity index (χ1) is 9.77. The molecule has 4 nitrogen and oxygen atoms in total. The minimum atomic E-state index is -2.93. The molecule has 3 N–H and O–H groups in total. The third-order valence-corrected chi connectivity index (χ3v) is 6.33. The van der Waals surface area contributed by atoms with Gasteiger partial charge in [0.1, 0.15) is 0 Å². The number of rotatable bonds is 8. The maximum atomic E-state index is 12.9. The van der Waals surface area contributed by atoms with Gasteiger partial charge in [-0.25, -0.2) is 0 Å². The zero-order valence-corrected chi connectivity index (χ0v) is 15.7. The molecule has 4 atom stereocenters. The molecule has 0 spiro atoms. The summed E-state index contributed by atoms with van der Waals surface area (Å²) >= 11 is 5.90. The Balaban J connectivity index is 0.00000441. The van der Waals surface area contributed by atoms with Gasteiger partial charge in [-0.15, -0.1) is 12.4 Å². The lowest BCUT2D eigenvalue weighted by molar-refractivity contribution is 0.210. The van der Waals surface area contributed by atoms with E-state index in [1.165, 1.54) is 0 Å². The summed E-state index contributed by atoms with van der Waals surface area (Å²) < 4.78 is 18.4. The highest BCUT2D eigenvalue weighted by Crippen LogP contribution is 2.51. The summed E-state index contributed by atoms with van der Waals surface area (Å²) in [7, 11) is -2.93. The molecule has 0 radical (unpaired) electrons. The molecule has 1 aromatic rings. The van der Waals surface area contributed by atoms with Crippen molar-refractivity contribution in [3.05, 3.63) is 34.9 Å². The van der Waals surface area contributed by atoms with Crippen LogP contribution in [0.4, 0.5) is 0 Å². The highest BCUT2D eigenvalue weighted by Gasteiger charge is 2.31. The van der Waals surface area contributed by atoms with Gasteiger partial charge in [-0.2, -0.15) is 0 Å². The Hall–Kier alpha value is -0.0900. The minimum Gasteiger partial charge on any atom is -0.393 e. The summed E-state index contributed by atoms with van der Waals surface area (Å²) in [6.07, 6.45) is -0.191. The molecule has 0 aliphatic carbocycles. The molecule has 0 amide bonds.